The van der Waals surface area contributed by atoms with Gasteiger partial charge >= 0.3 is 95.6 Å². The summed E-state index contributed by atoms with van der Waals surface area (Å²) < 4.78 is 1.33. The average molecular weight is 752 g/mol. The van der Waals surface area contributed by atoms with Crippen LogP contribution in [0.2, 0.25) is 0 Å². The fraction of sp³-hybridized carbons (Fsp3) is 0.163. The molecule has 2 aliphatic rings. The fourth-order valence-corrected chi connectivity index (χ4v) is 7.89. The molecule has 0 saturated carbocycles. The van der Waals surface area contributed by atoms with E-state index in [0.29, 0.717) is 0 Å². The van der Waals surface area contributed by atoms with E-state index in [1.807, 2.05) is 24.3 Å². The molecule has 52 heavy (non-hydrogen) atoms. The van der Waals surface area contributed by atoms with Gasteiger partial charge in [0, 0.05) is 0 Å². The van der Waals surface area contributed by atoms with Crippen molar-refractivity contribution in [2.75, 3.05) is 0 Å². The van der Waals surface area contributed by atoms with Gasteiger partial charge in [0.2, 0.25) is 0 Å². The topological polar surface area (TPSA) is 0 Å². The molecule has 0 heterocycles. The maximum absolute atomic E-state index is 3.62. The first-order valence-electron chi connectivity index (χ1n) is 17.4. The van der Waals surface area contributed by atoms with Gasteiger partial charge in [0.25, 0.3) is 0 Å². The van der Waals surface area contributed by atoms with E-state index in [2.05, 4.69) is 183 Å². The van der Waals surface area contributed by atoms with Crippen LogP contribution in [-0.2, 0) is 26.4 Å². The van der Waals surface area contributed by atoms with Crippen LogP contribution in [0.15, 0.2) is 133 Å². The van der Waals surface area contributed by atoms with Crippen LogP contribution >= 0.6 is 0 Å². The maximum atomic E-state index is 3.62. The van der Waals surface area contributed by atoms with Crippen molar-refractivity contribution in [3.05, 3.63) is 201 Å². The Balaban J connectivity index is 0.000000238. The van der Waals surface area contributed by atoms with Crippen molar-refractivity contribution in [2.24, 2.45) is 0 Å². The van der Waals surface area contributed by atoms with E-state index in [-0.39, 0.29) is 24.8 Å². The molecular weight excluding hydrogens is 707 g/mol. The average Bonchev–Trinajstić information content (AvgIpc) is 3.81. The quantitative estimate of drug-likeness (QED) is 0.145. The Morgan fingerprint density at radius 1 is 0.577 bits per heavy atom. The molecule has 0 aromatic heterocycles. The molecule has 0 atom stereocenters. The van der Waals surface area contributed by atoms with Gasteiger partial charge in [0.1, 0.15) is 0 Å². The number of aryl methyl sites for hydroxylation is 6. The van der Waals surface area contributed by atoms with Gasteiger partial charge in [-0.05, 0) is 70.2 Å². The minimum absolute atomic E-state index is 0. The molecule has 3 heteroatoms. The number of benzene rings is 6. The summed E-state index contributed by atoms with van der Waals surface area (Å²) in [6, 6.07) is 45.3. The molecule has 6 aromatic carbocycles. The Morgan fingerprint density at radius 3 is 1.54 bits per heavy atom. The van der Waals surface area contributed by atoms with Crippen LogP contribution in [0.4, 0.5) is 0 Å². The van der Waals surface area contributed by atoms with E-state index >= 15 is 0 Å². The summed E-state index contributed by atoms with van der Waals surface area (Å²) in [6.07, 6.45) is 11.0. The Hall–Kier alpha value is -4.04. The van der Waals surface area contributed by atoms with Gasteiger partial charge in [-0.3, -0.25) is 6.08 Å². The standard InChI is InChI=1S/C31H29.C13H10.C5H5.2ClH.Ti/c1-18-11-20(3)30(21(4)12-18)26-9-7-24-15-25-8-10-27(17-29(25)28(24)16-26)31-22(5)13-19(2)14-23(31)6;1-3-7-12(8-4-1)11-13-9-5-2-6-10-13;1-2-4-5-3-1;;;/h7,9-14,16-17H,15H2,1-6H3;1-10H;1-3H,4H2;2*1H;/q-1;;-1;;;+2/p-2. The van der Waals surface area contributed by atoms with Gasteiger partial charge in [-0.2, -0.15) is 29.8 Å². The summed E-state index contributed by atoms with van der Waals surface area (Å²) in [4.78, 5) is 0. The normalized spacial score (nSPS) is 11.5. The van der Waals surface area contributed by atoms with Crippen LogP contribution in [-0.4, -0.2) is 3.81 Å². The molecular formula is C49H44Cl2Ti-2. The number of fused-ring (bicyclic) bond motifs is 3. The number of hydrogen-bond acceptors (Lipinski definition) is 0. The van der Waals surface area contributed by atoms with Crippen molar-refractivity contribution in [2.45, 2.75) is 54.4 Å². The Labute approximate surface area is 335 Å². The first-order valence-corrected chi connectivity index (χ1v) is 18.2. The van der Waals surface area contributed by atoms with Gasteiger partial charge in [-0.25, -0.2) is 12.2 Å². The van der Waals surface area contributed by atoms with Crippen molar-refractivity contribution in [3.63, 3.8) is 0 Å². The van der Waals surface area contributed by atoms with Crippen LogP contribution in [0.3, 0.4) is 0 Å². The van der Waals surface area contributed by atoms with Crippen LogP contribution < -0.4 is 24.8 Å². The van der Waals surface area contributed by atoms with E-state index < -0.39 is 0 Å². The molecule has 0 fully saturated rings. The third kappa shape index (κ3) is 9.49. The van der Waals surface area contributed by atoms with E-state index in [1.54, 1.807) is 0 Å². The van der Waals surface area contributed by atoms with Crippen molar-refractivity contribution in [3.8, 4) is 33.4 Å². The second kappa shape index (κ2) is 18.6. The number of allylic oxidation sites excluding steroid dienone is 4. The second-order valence-electron chi connectivity index (χ2n) is 13.5. The zero-order valence-electron chi connectivity index (χ0n) is 30.9. The summed E-state index contributed by atoms with van der Waals surface area (Å²) >= 11 is 2.16. The summed E-state index contributed by atoms with van der Waals surface area (Å²) in [5.74, 6) is 0. The number of rotatable bonds is 4. The molecule has 8 rings (SSSR count). The monoisotopic (exact) mass is 750 g/mol. The number of hydrogen-bond donors (Lipinski definition) is 0. The van der Waals surface area contributed by atoms with E-state index in [4.69, 9.17) is 0 Å². The Morgan fingerprint density at radius 2 is 1.08 bits per heavy atom. The summed E-state index contributed by atoms with van der Waals surface area (Å²) in [7, 11) is 0. The summed E-state index contributed by atoms with van der Waals surface area (Å²) in [6.45, 7) is 13.2. The molecule has 0 unspecified atom stereocenters. The van der Waals surface area contributed by atoms with Crippen LogP contribution in [0.5, 0.6) is 0 Å². The van der Waals surface area contributed by atoms with Crippen LogP contribution in [0, 0.1) is 53.7 Å². The zero-order valence-corrected chi connectivity index (χ0v) is 33.9. The number of halogens is 2. The molecule has 0 bridgehead atoms. The van der Waals surface area contributed by atoms with Crippen molar-refractivity contribution in [1.29, 1.82) is 0 Å². The summed E-state index contributed by atoms with van der Waals surface area (Å²) in [5, 5.41) is 0. The Kier molecular flexibility index (Phi) is 14.6. The third-order valence-corrected chi connectivity index (χ3v) is 10.3. The van der Waals surface area contributed by atoms with Crippen molar-refractivity contribution in [1.82, 2.24) is 0 Å². The predicted molar refractivity (Wildman–Crippen MR) is 210 cm³/mol. The van der Waals surface area contributed by atoms with Gasteiger partial charge in [-0.1, -0.05) is 81.4 Å². The van der Waals surface area contributed by atoms with Gasteiger partial charge in [0.15, 0.2) is 0 Å². The van der Waals surface area contributed by atoms with Gasteiger partial charge < -0.3 is 24.8 Å². The molecule has 0 amide bonds. The van der Waals surface area contributed by atoms with Crippen molar-refractivity contribution >= 4 is 3.81 Å². The first kappa shape index (κ1) is 40.7. The Bertz CT molecular complexity index is 2020. The molecule has 0 saturated heterocycles. The van der Waals surface area contributed by atoms with E-state index in [1.165, 1.54) is 92.8 Å². The SMILES string of the molecule is Cc1cc(C)c(-c2c[c-]c3c(c2)-c2cc(-c4c(C)cc(C)cc4C)ccc2C3)c(C)c1.[C-]1=CC=CC1.[Cl-].[Cl-].[Ti+2]=[C](c1ccccc1)c1ccccc1. The van der Waals surface area contributed by atoms with E-state index in [0.717, 1.165) is 12.8 Å². The first-order chi connectivity index (χ1) is 24.2. The molecule has 6 aromatic rings. The third-order valence-electron chi connectivity index (χ3n) is 9.44. The summed E-state index contributed by atoms with van der Waals surface area (Å²) in [5.41, 5.74) is 21.3. The zero-order chi connectivity index (χ0) is 35.2. The second-order valence-corrected chi connectivity index (χ2v) is 14.3. The predicted octanol–water partition coefficient (Wildman–Crippen LogP) is 6.36. The minimum atomic E-state index is 0. The molecule has 260 valence electrons. The van der Waals surface area contributed by atoms with E-state index in [9.17, 15) is 0 Å². The molecule has 0 aliphatic heterocycles. The molecule has 0 N–H and O–H groups in total. The molecule has 0 nitrogen and oxygen atoms in total. The molecule has 0 radical (unpaired) electrons. The molecule has 0 spiro atoms. The molecule has 2 aliphatic carbocycles. The fourth-order valence-electron chi connectivity index (χ4n) is 7.37. The van der Waals surface area contributed by atoms with Crippen molar-refractivity contribution < 1.29 is 44.8 Å². The van der Waals surface area contributed by atoms with Crippen LogP contribution in [0.25, 0.3) is 33.4 Å². The van der Waals surface area contributed by atoms with Gasteiger partial charge in [-0.15, -0.1) is 17.5 Å². The van der Waals surface area contributed by atoms with Gasteiger partial charge in [0.05, 0.1) is 0 Å². The van der Waals surface area contributed by atoms with Crippen LogP contribution in [0.1, 0.15) is 62.1 Å².